The highest BCUT2D eigenvalue weighted by atomic mass is 35.5. The van der Waals surface area contributed by atoms with Gasteiger partial charge in [0.05, 0.1) is 16.0 Å². The summed E-state index contributed by atoms with van der Waals surface area (Å²) in [5, 5.41) is 14.3. The van der Waals surface area contributed by atoms with Crippen LogP contribution >= 0.6 is 11.6 Å². The van der Waals surface area contributed by atoms with E-state index in [0.717, 1.165) is 16.9 Å². The van der Waals surface area contributed by atoms with Crippen LogP contribution in [0.15, 0.2) is 30.9 Å². The standard InChI is InChI=1S/C22H19ClF3N9O3S/c1-11-9-33(5-6-39(11,37)38)21-12(7-13(23)16-14(8-27)30-10-34(16)21)17(22(24,25)26)31-20(36)15-18(28)32-35-4-2-3-29-19(15)35/h2-4,7,10-11,17H,5-6,9H2,1H3,(H2,28,32)(H,31,36). The van der Waals surface area contributed by atoms with E-state index in [-0.39, 0.29) is 57.9 Å². The lowest BCUT2D eigenvalue weighted by molar-refractivity contribution is -0.155. The third kappa shape index (κ3) is 4.46. The van der Waals surface area contributed by atoms with Crippen molar-refractivity contribution in [2.75, 3.05) is 29.5 Å². The second-order valence-electron chi connectivity index (χ2n) is 8.91. The number of rotatable bonds is 4. The molecule has 0 aliphatic carbocycles. The number of halogens is 4. The van der Waals surface area contributed by atoms with Crippen LogP contribution in [0.3, 0.4) is 0 Å². The first kappa shape index (κ1) is 26.5. The number of hydrogen-bond acceptors (Lipinski definition) is 9. The maximum absolute atomic E-state index is 14.7. The lowest BCUT2D eigenvalue weighted by atomic mass is 10.0. The molecule has 2 unspecified atom stereocenters. The summed E-state index contributed by atoms with van der Waals surface area (Å²) in [5.74, 6) is -1.95. The molecule has 1 aliphatic rings. The number of hydrogen-bond donors (Lipinski definition) is 2. The van der Waals surface area contributed by atoms with Crippen molar-refractivity contribution >= 4 is 50.1 Å². The van der Waals surface area contributed by atoms with Crippen molar-refractivity contribution in [1.29, 1.82) is 5.26 Å². The maximum Gasteiger partial charge on any atom is 0.413 e. The maximum atomic E-state index is 14.7. The van der Waals surface area contributed by atoms with Crippen LogP contribution in [-0.2, 0) is 9.84 Å². The summed E-state index contributed by atoms with van der Waals surface area (Å²) in [6, 6.07) is 1.72. The molecule has 0 bridgehead atoms. The molecule has 1 saturated heterocycles. The van der Waals surface area contributed by atoms with Crippen LogP contribution in [-0.4, -0.2) is 68.6 Å². The van der Waals surface area contributed by atoms with Crippen molar-refractivity contribution in [3.63, 3.8) is 0 Å². The zero-order valence-corrected chi connectivity index (χ0v) is 21.6. The lowest BCUT2D eigenvalue weighted by Crippen LogP contribution is -2.47. The van der Waals surface area contributed by atoms with Crippen molar-refractivity contribution < 1.29 is 26.4 Å². The van der Waals surface area contributed by atoms with Gasteiger partial charge < -0.3 is 16.0 Å². The van der Waals surface area contributed by atoms with Gasteiger partial charge in [0, 0.05) is 31.0 Å². The van der Waals surface area contributed by atoms with Crippen LogP contribution in [0.25, 0.3) is 11.2 Å². The second-order valence-corrected chi connectivity index (χ2v) is 11.9. The average Bonchev–Trinajstić information content (AvgIpc) is 3.44. The fraction of sp³-hybridized carbons (Fsp3) is 0.318. The highest BCUT2D eigenvalue weighted by Gasteiger charge is 2.46. The number of fused-ring (bicyclic) bond motifs is 2. The minimum absolute atomic E-state index is 0.0438. The SMILES string of the molecule is CC1CN(c2c(C(NC(=O)c3c(N)nn4cccnc34)C(F)(F)F)cc(Cl)c3c(C#N)ncn23)CCS1(=O)=O. The van der Waals surface area contributed by atoms with E-state index in [1.165, 1.54) is 34.7 Å². The zero-order chi connectivity index (χ0) is 28.3. The second kappa shape index (κ2) is 9.27. The topological polar surface area (TPSA) is 164 Å². The molecule has 4 aromatic heterocycles. The summed E-state index contributed by atoms with van der Waals surface area (Å²) in [6.07, 6.45) is -1.15. The number of amides is 1. The van der Waals surface area contributed by atoms with E-state index in [4.69, 9.17) is 17.3 Å². The predicted octanol–water partition coefficient (Wildman–Crippen LogP) is 2.14. The Kier molecular flexibility index (Phi) is 6.30. The molecule has 17 heteroatoms. The number of nitrogens with two attached hydrogens (primary N) is 1. The van der Waals surface area contributed by atoms with Gasteiger partial charge in [0.2, 0.25) is 0 Å². The molecule has 0 saturated carbocycles. The fourth-order valence-corrected chi connectivity index (χ4v) is 6.16. The highest BCUT2D eigenvalue weighted by Crippen LogP contribution is 2.41. The van der Waals surface area contributed by atoms with Crippen LogP contribution in [0.4, 0.5) is 24.8 Å². The van der Waals surface area contributed by atoms with Gasteiger partial charge in [0.15, 0.2) is 33.0 Å². The van der Waals surface area contributed by atoms with Crippen molar-refractivity contribution in [1.82, 2.24) is 29.3 Å². The van der Waals surface area contributed by atoms with Crippen LogP contribution in [0.1, 0.15) is 34.6 Å². The van der Waals surface area contributed by atoms with Gasteiger partial charge in [-0.3, -0.25) is 9.20 Å². The van der Waals surface area contributed by atoms with E-state index < -0.39 is 38.8 Å². The van der Waals surface area contributed by atoms with Gasteiger partial charge in [0.1, 0.15) is 29.3 Å². The van der Waals surface area contributed by atoms with Crippen molar-refractivity contribution in [2.45, 2.75) is 24.4 Å². The first-order valence-corrected chi connectivity index (χ1v) is 13.4. The molecule has 3 N–H and O–H groups in total. The molecule has 0 aromatic carbocycles. The van der Waals surface area contributed by atoms with Crippen LogP contribution in [0.5, 0.6) is 0 Å². The number of sulfone groups is 1. The number of aromatic nitrogens is 5. The van der Waals surface area contributed by atoms with Gasteiger partial charge in [0.25, 0.3) is 5.91 Å². The molecule has 1 amide bonds. The average molecular weight is 582 g/mol. The molecule has 204 valence electrons. The molecule has 12 nitrogen and oxygen atoms in total. The number of imidazole rings is 1. The smallest absolute Gasteiger partial charge is 0.381 e. The third-order valence-electron chi connectivity index (χ3n) is 6.47. The molecular formula is C22H19ClF3N9O3S. The minimum Gasteiger partial charge on any atom is -0.381 e. The summed E-state index contributed by atoms with van der Waals surface area (Å²) < 4.78 is 71.0. The highest BCUT2D eigenvalue weighted by molar-refractivity contribution is 7.92. The van der Waals surface area contributed by atoms with Gasteiger partial charge in [-0.25, -0.2) is 22.9 Å². The molecule has 5 heterocycles. The molecule has 1 fully saturated rings. The summed E-state index contributed by atoms with van der Waals surface area (Å²) in [4.78, 5) is 22.6. The number of carbonyl (C=O) groups excluding carboxylic acids is 1. The summed E-state index contributed by atoms with van der Waals surface area (Å²) in [6.45, 7) is 1.17. The third-order valence-corrected chi connectivity index (χ3v) is 8.88. The van der Waals surface area contributed by atoms with E-state index in [1.807, 2.05) is 11.4 Å². The summed E-state index contributed by atoms with van der Waals surface area (Å²) in [5.41, 5.74) is 4.86. The number of nitriles is 1. The van der Waals surface area contributed by atoms with E-state index in [1.54, 1.807) is 0 Å². The lowest BCUT2D eigenvalue weighted by Gasteiger charge is -2.36. The molecule has 0 spiro atoms. The molecular weight excluding hydrogens is 563 g/mol. The Bertz CT molecular complexity index is 1780. The molecule has 39 heavy (non-hydrogen) atoms. The van der Waals surface area contributed by atoms with Crippen LogP contribution < -0.4 is 16.0 Å². The first-order valence-electron chi connectivity index (χ1n) is 11.4. The quantitative estimate of drug-likeness (QED) is 0.367. The normalized spacial score (nSPS) is 18.3. The van der Waals surface area contributed by atoms with Crippen molar-refractivity contribution in [3.8, 4) is 6.07 Å². The molecule has 4 aromatic rings. The van der Waals surface area contributed by atoms with E-state index >= 15 is 0 Å². The molecule has 0 radical (unpaired) electrons. The van der Waals surface area contributed by atoms with E-state index in [2.05, 4.69) is 15.1 Å². The van der Waals surface area contributed by atoms with Gasteiger partial charge >= 0.3 is 6.18 Å². The Balaban J connectivity index is 1.69. The summed E-state index contributed by atoms with van der Waals surface area (Å²) >= 11 is 6.36. The van der Waals surface area contributed by atoms with Crippen LogP contribution in [0, 0.1) is 11.3 Å². The predicted molar refractivity (Wildman–Crippen MR) is 134 cm³/mol. The monoisotopic (exact) mass is 581 g/mol. The summed E-state index contributed by atoms with van der Waals surface area (Å²) in [7, 11) is -3.47. The number of pyridine rings is 1. The van der Waals surface area contributed by atoms with E-state index in [9.17, 15) is 31.6 Å². The van der Waals surface area contributed by atoms with Crippen LogP contribution in [0.2, 0.25) is 5.02 Å². The number of nitrogens with one attached hydrogen (secondary N) is 1. The number of nitrogen functional groups attached to an aromatic ring is 1. The Hall–Kier alpha value is -4.10. The van der Waals surface area contributed by atoms with Gasteiger partial charge in [-0.2, -0.15) is 18.4 Å². The number of carbonyl (C=O) groups is 1. The van der Waals surface area contributed by atoms with Crippen molar-refractivity contribution in [3.05, 3.63) is 52.7 Å². The number of anilines is 2. The van der Waals surface area contributed by atoms with Gasteiger partial charge in [-0.05, 0) is 19.1 Å². The Morgan fingerprint density at radius 2 is 2.10 bits per heavy atom. The zero-order valence-electron chi connectivity index (χ0n) is 20.0. The molecule has 1 aliphatic heterocycles. The molecule has 5 rings (SSSR count). The van der Waals surface area contributed by atoms with Gasteiger partial charge in [-0.15, -0.1) is 5.10 Å². The largest absolute Gasteiger partial charge is 0.413 e. The van der Waals surface area contributed by atoms with E-state index in [0.29, 0.717) is 0 Å². The number of alkyl halides is 3. The fourth-order valence-electron chi connectivity index (χ4n) is 4.58. The van der Waals surface area contributed by atoms with Gasteiger partial charge in [-0.1, -0.05) is 11.6 Å². The first-order chi connectivity index (χ1) is 18.3. The minimum atomic E-state index is -5.04. The Morgan fingerprint density at radius 3 is 2.77 bits per heavy atom. The Labute approximate surface area is 223 Å². The Morgan fingerprint density at radius 1 is 1.36 bits per heavy atom. The number of nitrogens with zero attached hydrogens (tertiary/aromatic N) is 7. The molecule has 2 atom stereocenters. The van der Waals surface area contributed by atoms with Crippen molar-refractivity contribution in [2.24, 2.45) is 0 Å².